The van der Waals surface area contributed by atoms with E-state index in [9.17, 15) is 40.7 Å². The number of carbonyl (C=O) groups is 2. The molecule has 8 nitrogen and oxygen atoms in total. The summed E-state index contributed by atoms with van der Waals surface area (Å²) in [5, 5.41) is 2.96. The molecule has 1 saturated heterocycles. The number of anilines is 1. The van der Waals surface area contributed by atoms with Crippen molar-refractivity contribution in [1.29, 1.82) is 0 Å². The quantitative estimate of drug-likeness (QED) is 0.438. The normalized spacial score (nSPS) is 15.0. The molecule has 0 spiro atoms. The molecule has 0 bridgehead atoms. The standard InChI is InChI=1S/C26H27F6N5O3S/c1-14-19-21(33-13-37(22(19)39)12-18(38)34-24(2,3)4)41-20(14)23(40)36-7-5-35(6-8-36)17-10-15(25(27,28)29)9-16(11-17)26(30,31)32/h9-11,13H,5-8,12H2,1-4H3,(H,34,38). The first-order valence-corrected chi connectivity index (χ1v) is 13.3. The van der Waals surface area contributed by atoms with Crippen molar-refractivity contribution in [2.24, 2.45) is 0 Å². The Hall–Kier alpha value is -3.62. The maximum absolute atomic E-state index is 13.4. The molecule has 0 unspecified atom stereocenters. The van der Waals surface area contributed by atoms with Crippen LogP contribution in [0.4, 0.5) is 32.0 Å². The summed E-state index contributed by atoms with van der Waals surface area (Å²) < 4.78 is 80.8. The molecular formula is C26H27F6N5O3S. The summed E-state index contributed by atoms with van der Waals surface area (Å²) in [6.07, 6.45) is -8.69. The zero-order chi connectivity index (χ0) is 30.5. The number of thiophene rings is 1. The Morgan fingerprint density at radius 1 is 0.951 bits per heavy atom. The van der Waals surface area contributed by atoms with Crippen LogP contribution in [0.25, 0.3) is 10.2 Å². The van der Waals surface area contributed by atoms with Crippen LogP contribution in [0.1, 0.15) is 47.1 Å². The summed E-state index contributed by atoms with van der Waals surface area (Å²) in [4.78, 5) is 46.4. The third-order valence-electron chi connectivity index (χ3n) is 6.44. The molecular weight excluding hydrogens is 576 g/mol. The van der Waals surface area contributed by atoms with Crippen molar-refractivity contribution in [2.45, 2.75) is 52.1 Å². The van der Waals surface area contributed by atoms with Crippen LogP contribution in [-0.4, -0.2) is 58.0 Å². The van der Waals surface area contributed by atoms with Gasteiger partial charge in [-0.25, -0.2) is 4.98 Å². The summed E-state index contributed by atoms with van der Waals surface area (Å²) in [5.74, 6) is -0.812. The first kappa shape index (κ1) is 30.3. The number of aromatic nitrogens is 2. The van der Waals surface area contributed by atoms with Gasteiger partial charge in [0.15, 0.2) is 0 Å². The minimum Gasteiger partial charge on any atom is -0.368 e. The average Bonchev–Trinajstić information content (AvgIpc) is 3.20. The van der Waals surface area contributed by atoms with Crippen LogP contribution < -0.4 is 15.8 Å². The van der Waals surface area contributed by atoms with Gasteiger partial charge in [0.2, 0.25) is 5.91 Å². The molecule has 1 fully saturated rings. The van der Waals surface area contributed by atoms with Crippen molar-refractivity contribution in [2.75, 3.05) is 31.1 Å². The number of halogens is 6. The zero-order valence-corrected chi connectivity index (χ0v) is 23.4. The van der Waals surface area contributed by atoms with Crippen LogP contribution >= 0.6 is 11.3 Å². The molecule has 2 amide bonds. The maximum Gasteiger partial charge on any atom is 0.416 e. The molecule has 1 aromatic carbocycles. The molecule has 0 aliphatic carbocycles. The van der Waals surface area contributed by atoms with Gasteiger partial charge >= 0.3 is 12.4 Å². The van der Waals surface area contributed by atoms with Gasteiger partial charge in [0.05, 0.1) is 27.7 Å². The fraction of sp³-hybridized carbons (Fsp3) is 0.462. The first-order valence-electron chi connectivity index (χ1n) is 12.5. The number of alkyl halides is 6. The number of benzene rings is 1. The lowest BCUT2D eigenvalue weighted by atomic mass is 10.1. The topological polar surface area (TPSA) is 87.5 Å². The van der Waals surface area contributed by atoms with Crippen LogP contribution in [0.15, 0.2) is 29.3 Å². The Balaban J connectivity index is 1.53. The molecule has 3 aromatic rings. The molecule has 3 heterocycles. The monoisotopic (exact) mass is 603 g/mol. The molecule has 4 rings (SSSR count). The Kier molecular flexibility index (Phi) is 7.88. The fourth-order valence-corrected chi connectivity index (χ4v) is 5.63. The van der Waals surface area contributed by atoms with Gasteiger partial charge in [0.1, 0.15) is 11.4 Å². The van der Waals surface area contributed by atoms with Gasteiger partial charge in [-0.15, -0.1) is 11.3 Å². The van der Waals surface area contributed by atoms with E-state index >= 15 is 0 Å². The van der Waals surface area contributed by atoms with Crippen LogP contribution in [0, 0.1) is 6.92 Å². The molecule has 1 aliphatic heterocycles. The number of hydrogen-bond donors (Lipinski definition) is 1. The lowest BCUT2D eigenvalue weighted by Gasteiger charge is -2.36. The Bertz CT molecular complexity index is 1510. The molecule has 15 heteroatoms. The lowest BCUT2D eigenvalue weighted by Crippen LogP contribution is -2.48. The third-order valence-corrected chi connectivity index (χ3v) is 7.63. The van der Waals surface area contributed by atoms with E-state index in [-0.39, 0.29) is 60.6 Å². The second-order valence-corrected chi connectivity index (χ2v) is 11.8. The predicted molar refractivity (Wildman–Crippen MR) is 141 cm³/mol. The van der Waals surface area contributed by atoms with Crippen LogP contribution in [0.3, 0.4) is 0 Å². The second-order valence-electron chi connectivity index (χ2n) is 10.8. The maximum atomic E-state index is 13.4. The number of rotatable bonds is 4. The van der Waals surface area contributed by atoms with Crippen molar-refractivity contribution >= 4 is 39.1 Å². The molecule has 0 saturated carbocycles. The molecule has 1 aliphatic rings. The number of aryl methyl sites for hydroxylation is 1. The van der Waals surface area contributed by atoms with Crippen molar-refractivity contribution < 1.29 is 35.9 Å². The lowest BCUT2D eigenvalue weighted by molar-refractivity contribution is -0.143. The van der Waals surface area contributed by atoms with E-state index in [4.69, 9.17) is 0 Å². The van der Waals surface area contributed by atoms with Crippen molar-refractivity contribution in [3.63, 3.8) is 0 Å². The molecule has 2 aromatic heterocycles. The van der Waals surface area contributed by atoms with Gasteiger partial charge in [0, 0.05) is 37.4 Å². The summed E-state index contributed by atoms with van der Waals surface area (Å²) in [7, 11) is 0. The Morgan fingerprint density at radius 2 is 1.51 bits per heavy atom. The molecule has 1 N–H and O–H groups in total. The summed E-state index contributed by atoms with van der Waals surface area (Å²) in [6, 6.07) is 1.41. The highest BCUT2D eigenvalue weighted by Crippen LogP contribution is 2.38. The van der Waals surface area contributed by atoms with E-state index in [1.807, 2.05) is 0 Å². The predicted octanol–water partition coefficient (Wildman–Crippen LogP) is 4.68. The van der Waals surface area contributed by atoms with E-state index in [0.717, 1.165) is 15.9 Å². The van der Waals surface area contributed by atoms with Crippen LogP contribution in [0.5, 0.6) is 0 Å². The number of nitrogens with one attached hydrogen (secondary N) is 1. The number of piperazine rings is 1. The molecule has 0 atom stereocenters. The molecule has 0 radical (unpaired) electrons. The molecule has 41 heavy (non-hydrogen) atoms. The van der Waals surface area contributed by atoms with Gasteiger partial charge in [-0.2, -0.15) is 26.3 Å². The van der Waals surface area contributed by atoms with Crippen molar-refractivity contribution in [3.8, 4) is 0 Å². The number of nitrogens with zero attached hydrogens (tertiary/aromatic N) is 4. The Labute approximate surface area is 234 Å². The van der Waals surface area contributed by atoms with E-state index in [1.165, 1.54) is 16.1 Å². The minimum atomic E-state index is -4.96. The number of fused-ring (bicyclic) bond motifs is 1. The minimum absolute atomic E-state index is 0.00222. The van der Waals surface area contributed by atoms with E-state index < -0.39 is 40.5 Å². The molecule has 222 valence electrons. The highest BCUT2D eigenvalue weighted by molar-refractivity contribution is 7.20. The van der Waals surface area contributed by atoms with Gasteiger partial charge < -0.3 is 15.1 Å². The van der Waals surface area contributed by atoms with Gasteiger partial charge in [-0.05, 0) is 51.5 Å². The smallest absolute Gasteiger partial charge is 0.368 e. The third kappa shape index (κ3) is 6.66. The van der Waals surface area contributed by atoms with Gasteiger partial charge in [-0.1, -0.05) is 0 Å². The van der Waals surface area contributed by atoms with Crippen LogP contribution in [-0.2, 0) is 23.7 Å². The first-order chi connectivity index (χ1) is 18.8. The zero-order valence-electron chi connectivity index (χ0n) is 22.5. The van der Waals surface area contributed by atoms with Crippen LogP contribution in [0.2, 0.25) is 0 Å². The number of hydrogen-bond acceptors (Lipinski definition) is 6. The number of carbonyl (C=O) groups excluding carboxylic acids is 2. The largest absolute Gasteiger partial charge is 0.416 e. The SMILES string of the molecule is Cc1c(C(=O)N2CCN(c3cc(C(F)(F)F)cc(C(F)(F)F)c3)CC2)sc2ncn(CC(=O)NC(C)(C)C)c(=O)c12. The summed E-state index contributed by atoms with van der Waals surface area (Å²) >= 11 is 1.00. The number of amides is 2. The highest BCUT2D eigenvalue weighted by Gasteiger charge is 2.38. The summed E-state index contributed by atoms with van der Waals surface area (Å²) in [6.45, 7) is 6.81. The van der Waals surface area contributed by atoms with E-state index in [2.05, 4.69) is 10.3 Å². The Morgan fingerprint density at radius 3 is 2.02 bits per heavy atom. The van der Waals surface area contributed by atoms with E-state index in [1.54, 1.807) is 27.7 Å². The highest BCUT2D eigenvalue weighted by atomic mass is 32.1. The van der Waals surface area contributed by atoms with Crippen molar-refractivity contribution in [3.05, 3.63) is 56.4 Å². The van der Waals surface area contributed by atoms with Gasteiger partial charge in [-0.3, -0.25) is 19.0 Å². The van der Waals surface area contributed by atoms with Gasteiger partial charge in [0.25, 0.3) is 11.5 Å². The second kappa shape index (κ2) is 10.7. The average molecular weight is 604 g/mol. The fourth-order valence-electron chi connectivity index (χ4n) is 4.52. The van der Waals surface area contributed by atoms with E-state index in [0.29, 0.717) is 22.5 Å². The van der Waals surface area contributed by atoms with Crippen molar-refractivity contribution in [1.82, 2.24) is 19.8 Å². The summed E-state index contributed by atoms with van der Waals surface area (Å²) in [5.41, 5.74) is -3.65.